The van der Waals surface area contributed by atoms with E-state index in [1.54, 1.807) is 0 Å². The topological polar surface area (TPSA) is 64.0 Å². The van der Waals surface area contributed by atoms with Crippen LogP contribution in [0.15, 0.2) is 46.9 Å². The van der Waals surface area contributed by atoms with E-state index in [1.165, 1.54) is 29.2 Å². The summed E-state index contributed by atoms with van der Waals surface area (Å²) in [5.74, 6) is -0.139. The van der Waals surface area contributed by atoms with E-state index in [9.17, 15) is 9.59 Å². The van der Waals surface area contributed by atoms with Crippen LogP contribution in [0.4, 0.5) is 0 Å². The van der Waals surface area contributed by atoms with Crippen LogP contribution < -0.4 is 10.9 Å². The summed E-state index contributed by atoms with van der Waals surface area (Å²) in [6.07, 6.45) is 9.27. The Hall–Kier alpha value is -2.43. The van der Waals surface area contributed by atoms with Crippen LogP contribution in [0.2, 0.25) is 0 Å². The van der Waals surface area contributed by atoms with Gasteiger partial charge in [0.2, 0.25) is 5.91 Å². The summed E-state index contributed by atoms with van der Waals surface area (Å²) in [7, 11) is 0. The van der Waals surface area contributed by atoms with Crippen molar-refractivity contribution in [3.63, 3.8) is 0 Å². The lowest BCUT2D eigenvalue weighted by Gasteiger charge is -2.13. The average molecular weight is 311 g/mol. The molecule has 0 saturated carbocycles. The van der Waals surface area contributed by atoms with E-state index in [0.717, 1.165) is 19.3 Å². The highest BCUT2D eigenvalue weighted by molar-refractivity contribution is 5.79. The molecule has 1 amide bonds. The van der Waals surface area contributed by atoms with Crippen LogP contribution in [0.5, 0.6) is 0 Å². The number of carbonyl (C=O) groups is 1. The second-order valence-corrected chi connectivity index (χ2v) is 5.88. The van der Waals surface area contributed by atoms with E-state index in [1.807, 2.05) is 24.3 Å². The molecule has 1 heterocycles. The van der Waals surface area contributed by atoms with Crippen LogP contribution >= 0.6 is 0 Å². The Morgan fingerprint density at radius 2 is 2.13 bits per heavy atom. The molecule has 3 rings (SSSR count). The Morgan fingerprint density at radius 3 is 2.96 bits per heavy atom. The first kappa shape index (κ1) is 15.5. The zero-order valence-corrected chi connectivity index (χ0v) is 13.1. The fourth-order valence-corrected chi connectivity index (χ4v) is 2.97. The smallest absolute Gasteiger partial charge is 0.269 e. The lowest BCUT2D eigenvalue weighted by Crippen LogP contribution is -2.33. The van der Waals surface area contributed by atoms with Gasteiger partial charge in [0.05, 0.1) is 17.2 Å². The summed E-state index contributed by atoms with van der Waals surface area (Å²) in [6.45, 7) is 0.656. The lowest BCUT2D eigenvalue weighted by atomic mass is 9.97. The van der Waals surface area contributed by atoms with Gasteiger partial charge in [-0.05, 0) is 44.2 Å². The number of hydrogen-bond acceptors (Lipinski definition) is 3. The predicted molar refractivity (Wildman–Crippen MR) is 90.2 cm³/mol. The third kappa shape index (κ3) is 3.86. The number of hydrogen-bond donors (Lipinski definition) is 1. The highest BCUT2D eigenvalue weighted by Gasteiger charge is 2.09. The van der Waals surface area contributed by atoms with Crippen LogP contribution in [-0.2, 0) is 11.3 Å². The van der Waals surface area contributed by atoms with Gasteiger partial charge in [0.1, 0.15) is 6.54 Å². The molecule has 1 N–H and O–H groups in total. The summed E-state index contributed by atoms with van der Waals surface area (Å²) in [6, 6.07) is 7.35. The third-order valence-corrected chi connectivity index (χ3v) is 4.21. The molecule has 5 nitrogen and oxygen atoms in total. The van der Waals surface area contributed by atoms with Crippen molar-refractivity contribution in [3.8, 4) is 0 Å². The van der Waals surface area contributed by atoms with Crippen molar-refractivity contribution < 1.29 is 4.79 Å². The van der Waals surface area contributed by atoms with E-state index in [0.29, 0.717) is 17.6 Å². The molecule has 2 aromatic rings. The molecular formula is C18H21N3O2. The van der Waals surface area contributed by atoms with E-state index >= 15 is 0 Å². The first-order valence-corrected chi connectivity index (χ1v) is 8.13. The molecule has 0 unspecified atom stereocenters. The Bertz CT molecular complexity index is 792. The molecule has 1 aromatic carbocycles. The number of nitrogens with zero attached hydrogens (tertiary/aromatic N) is 2. The lowest BCUT2D eigenvalue weighted by molar-refractivity contribution is -0.121. The number of amides is 1. The molecule has 0 atom stereocenters. The van der Waals surface area contributed by atoms with Gasteiger partial charge in [0.15, 0.2) is 0 Å². The molecule has 1 aromatic heterocycles. The molecule has 0 fully saturated rings. The van der Waals surface area contributed by atoms with Gasteiger partial charge in [0.25, 0.3) is 5.56 Å². The number of carbonyl (C=O) groups excluding carboxylic acids is 1. The number of para-hydroxylation sites is 2. The minimum absolute atomic E-state index is 0.0287. The molecule has 0 radical (unpaired) electrons. The third-order valence-electron chi connectivity index (χ3n) is 4.21. The zero-order chi connectivity index (χ0) is 16.1. The summed E-state index contributed by atoms with van der Waals surface area (Å²) in [5.41, 5.74) is 2.58. The van der Waals surface area contributed by atoms with E-state index in [-0.39, 0.29) is 18.0 Å². The minimum atomic E-state index is -0.256. The quantitative estimate of drug-likeness (QED) is 0.862. The van der Waals surface area contributed by atoms with Gasteiger partial charge >= 0.3 is 0 Å². The van der Waals surface area contributed by atoms with Crippen LogP contribution in [-0.4, -0.2) is 22.0 Å². The number of fused-ring (bicyclic) bond motifs is 1. The second kappa shape index (κ2) is 7.22. The Labute approximate surface area is 135 Å². The monoisotopic (exact) mass is 311 g/mol. The highest BCUT2D eigenvalue weighted by Crippen LogP contribution is 2.19. The zero-order valence-electron chi connectivity index (χ0n) is 13.1. The molecule has 1 aliphatic carbocycles. The van der Waals surface area contributed by atoms with Gasteiger partial charge in [-0.1, -0.05) is 23.8 Å². The maximum absolute atomic E-state index is 12.1. The van der Waals surface area contributed by atoms with Crippen molar-refractivity contribution in [2.24, 2.45) is 0 Å². The standard InChI is InChI=1S/C18H21N3O2/c22-17(19-11-10-14-6-2-1-3-7-14)13-21-16-9-5-4-8-15(16)20-12-18(21)23/h4-6,8-9,12H,1-3,7,10-11,13H2,(H,19,22). The summed E-state index contributed by atoms with van der Waals surface area (Å²) < 4.78 is 1.47. The molecule has 0 spiro atoms. The molecule has 1 aliphatic rings. The first-order valence-electron chi connectivity index (χ1n) is 8.13. The van der Waals surface area contributed by atoms with Crippen molar-refractivity contribution in [2.75, 3.05) is 6.54 Å². The maximum atomic E-state index is 12.1. The number of nitrogens with one attached hydrogen (secondary N) is 1. The molecular weight excluding hydrogens is 290 g/mol. The molecule has 0 bridgehead atoms. The minimum Gasteiger partial charge on any atom is -0.354 e. The number of rotatable bonds is 5. The van der Waals surface area contributed by atoms with E-state index in [2.05, 4.69) is 16.4 Å². The van der Waals surface area contributed by atoms with E-state index in [4.69, 9.17) is 0 Å². The first-order chi connectivity index (χ1) is 11.2. The van der Waals surface area contributed by atoms with Gasteiger partial charge in [0, 0.05) is 6.54 Å². The van der Waals surface area contributed by atoms with Crippen molar-refractivity contribution in [3.05, 3.63) is 52.5 Å². The van der Waals surface area contributed by atoms with Crippen LogP contribution in [0.25, 0.3) is 11.0 Å². The molecule has 23 heavy (non-hydrogen) atoms. The van der Waals surface area contributed by atoms with Crippen molar-refractivity contribution in [1.82, 2.24) is 14.9 Å². The van der Waals surface area contributed by atoms with Gasteiger partial charge in [-0.15, -0.1) is 0 Å². The largest absolute Gasteiger partial charge is 0.354 e. The van der Waals surface area contributed by atoms with Crippen LogP contribution in [0.1, 0.15) is 32.1 Å². The molecule has 0 saturated heterocycles. The molecule has 5 heteroatoms. The summed E-state index contributed by atoms with van der Waals surface area (Å²) in [5, 5.41) is 2.91. The van der Waals surface area contributed by atoms with Gasteiger partial charge in [-0.3, -0.25) is 14.2 Å². The average Bonchev–Trinajstić information content (AvgIpc) is 2.58. The number of benzene rings is 1. The summed E-state index contributed by atoms with van der Waals surface area (Å²) >= 11 is 0. The van der Waals surface area contributed by atoms with Crippen molar-refractivity contribution in [2.45, 2.75) is 38.6 Å². The Kier molecular flexibility index (Phi) is 4.86. The number of aromatic nitrogens is 2. The Morgan fingerprint density at radius 1 is 1.26 bits per heavy atom. The molecule has 120 valence electrons. The normalized spacial score (nSPS) is 14.5. The second-order valence-electron chi connectivity index (χ2n) is 5.88. The van der Waals surface area contributed by atoms with Crippen LogP contribution in [0, 0.1) is 0 Å². The number of allylic oxidation sites excluding steroid dienone is 1. The van der Waals surface area contributed by atoms with Gasteiger partial charge in [-0.25, -0.2) is 4.98 Å². The van der Waals surface area contributed by atoms with Crippen molar-refractivity contribution >= 4 is 16.9 Å². The SMILES string of the molecule is O=C(Cn1c(=O)cnc2ccccc21)NCCC1=CCCCC1. The Balaban J connectivity index is 1.63. The fraction of sp³-hybridized carbons (Fsp3) is 0.389. The fourth-order valence-electron chi connectivity index (χ4n) is 2.97. The van der Waals surface area contributed by atoms with Gasteiger partial charge < -0.3 is 5.32 Å². The van der Waals surface area contributed by atoms with E-state index < -0.39 is 0 Å². The predicted octanol–water partition coefficient (Wildman–Crippen LogP) is 2.40. The maximum Gasteiger partial charge on any atom is 0.269 e. The van der Waals surface area contributed by atoms with Crippen LogP contribution in [0.3, 0.4) is 0 Å². The molecule has 0 aliphatic heterocycles. The highest BCUT2D eigenvalue weighted by atomic mass is 16.2. The van der Waals surface area contributed by atoms with Gasteiger partial charge in [-0.2, -0.15) is 0 Å². The van der Waals surface area contributed by atoms with Crippen molar-refractivity contribution in [1.29, 1.82) is 0 Å². The summed E-state index contributed by atoms with van der Waals surface area (Å²) in [4.78, 5) is 28.2.